The minimum atomic E-state index is -3.60. The van der Waals surface area contributed by atoms with Gasteiger partial charge in [-0.3, -0.25) is 0 Å². The number of nitrogens with two attached hydrogens (primary N) is 1. The van der Waals surface area contributed by atoms with Crippen LogP contribution in [0.1, 0.15) is 0 Å². The minimum absolute atomic E-state index is 0.0435. The number of hydrogen-bond donors (Lipinski definition) is 1. The highest BCUT2D eigenvalue weighted by molar-refractivity contribution is 9.10. The van der Waals surface area contributed by atoms with E-state index in [2.05, 4.69) is 36.0 Å². The molecule has 0 spiro atoms. The predicted molar refractivity (Wildman–Crippen MR) is 84.2 cm³/mol. The van der Waals surface area contributed by atoms with Gasteiger partial charge in [0.2, 0.25) is 15.8 Å². The van der Waals surface area contributed by atoms with E-state index >= 15 is 0 Å². The third-order valence-corrected chi connectivity index (χ3v) is 4.80. The Bertz CT molecular complexity index is 1000. The molecule has 1 aromatic carbocycles. The first kappa shape index (κ1) is 15.1. The van der Waals surface area contributed by atoms with E-state index in [0.29, 0.717) is 16.4 Å². The third-order valence-electron chi connectivity index (χ3n) is 2.72. The number of rotatable bonds is 2. The summed E-state index contributed by atoms with van der Waals surface area (Å²) in [6, 6.07) is 5.17. The van der Waals surface area contributed by atoms with Crippen LogP contribution in [0.4, 0.5) is 5.95 Å². The topological polar surface area (TPSA) is 116 Å². The highest BCUT2D eigenvalue weighted by Gasteiger charge is 2.17. The van der Waals surface area contributed by atoms with Gasteiger partial charge in [0, 0.05) is 16.3 Å². The fraction of sp³-hybridized carbons (Fsp3) is 0.0909. The molecular formula is C11H8BrClN6O2S. The summed E-state index contributed by atoms with van der Waals surface area (Å²) >= 11 is 9.33. The molecule has 0 aliphatic heterocycles. The van der Waals surface area contributed by atoms with Crippen LogP contribution in [0.3, 0.4) is 0 Å². The molecular weight excluding hydrogens is 396 g/mol. The smallest absolute Gasteiger partial charge is 0.258 e. The fourth-order valence-corrected chi connectivity index (χ4v) is 2.64. The van der Waals surface area contributed by atoms with E-state index in [4.69, 9.17) is 17.3 Å². The first-order valence-electron chi connectivity index (χ1n) is 5.81. The number of hydrogen-bond acceptors (Lipinski definition) is 7. The second-order valence-corrected chi connectivity index (χ2v) is 7.58. The van der Waals surface area contributed by atoms with Crippen LogP contribution in [0.5, 0.6) is 0 Å². The third kappa shape index (κ3) is 2.64. The molecule has 0 fully saturated rings. The summed E-state index contributed by atoms with van der Waals surface area (Å²) in [5, 5.41) is 4.26. The number of nitrogens with zero attached hydrogens (tertiary/aromatic N) is 5. The van der Waals surface area contributed by atoms with E-state index in [0.717, 1.165) is 10.7 Å². The van der Waals surface area contributed by atoms with Crippen LogP contribution >= 0.6 is 27.5 Å². The normalized spacial score (nSPS) is 12.0. The van der Waals surface area contributed by atoms with Gasteiger partial charge in [-0.15, -0.1) is 5.10 Å². The average Bonchev–Trinajstić information content (AvgIpc) is 2.85. The number of anilines is 1. The molecule has 2 N–H and O–H groups in total. The lowest BCUT2D eigenvalue weighted by Crippen LogP contribution is -2.11. The summed E-state index contributed by atoms with van der Waals surface area (Å²) in [6.07, 6.45) is 0.990. The summed E-state index contributed by atoms with van der Waals surface area (Å²) in [6.45, 7) is 0. The van der Waals surface area contributed by atoms with Gasteiger partial charge in [-0.1, -0.05) is 11.6 Å². The van der Waals surface area contributed by atoms with Gasteiger partial charge >= 0.3 is 0 Å². The molecule has 0 aliphatic rings. The maximum absolute atomic E-state index is 11.5. The Kier molecular flexibility index (Phi) is 3.54. The molecule has 0 saturated heterocycles. The average molecular weight is 404 g/mol. The van der Waals surface area contributed by atoms with Gasteiger partial charge in [-0.05, 0) is 34.1 Å². The number of fused-ring (bicyclic) bond motifs is 1. The Morgan fingerprint density at radius 3 is 2.64 bits per heavy atom. The molecule has 0 saturated carbocycles. The number of halogens is 2. The van der Waals surface area contributed by atoms with Crippen molar-refractivity contribution in [2.24, 2.45) is 0 Å². The molecule has 2 heterocycles. The largest absolute Gasteiger partial charge is 0.368 e. The molecule has 0 aliphatic carbocycles. The molecule has 2 aromatic heterocycles. The Hall–Kier alpha value is -1.78. The molecule has 0 bridgehead atoms. The molecule has 114 valence electrons. The molecule has 0 atom stereocenters. The van der Waals surface area contributed by atoms with Crippen molar-refractivity contribution in [2.45, 2.75) is 5.16 Å². The lowest BCUT2D eigenvalue weighted by Gasteiger charge is -1.99. The van der Waals surface area contributed by atoms with Crippen LogP contribution in [0, 0.1) is 0 Å². The highest BCUT2D eigenvalue weighted by Crippen LogP contribution is 2.27. The summed E-state index contributed by atoms with van der Waals surface area (Å²) in [5.41, 5.74) is 6.35. The van der Waals surface area contributed by atoms with Crippen LogP contribution in [-0.2, 0) is 9.84 Å². The maximum atomic E-state index is 11.5. The van der Waals surface area contributed by atoms with Gasteiger partial charge in [0.15, 0.2) is 5.82 Å². The van der Waals surface area contributed by atoms with Crippen molar-refractivity contribution in [3.05, 3.63) is 27.7 Å². The highest BCUT2D eigenvalue weighted by atomic mass is 79.9. The van der Waals surface area contributed by atoms with Crippen molar-refractivity contribution in [2.75, 3.05) is 12.0 Å². The van der Waals surface area contributed by atoms with E-state index in [9.17, 15) is 8.42 Å². The standard InChI is InChI=1S/C11H8BrClN6O2S/c1-22(20,21)11-16-9(14)19-10(17-11)15-8(18-19)5-2-3-6(12)7(13)4-5/h2-4H,1H3,(H2,14,15,16,17,18). The summed E-state index contributed by atoms with van der Waals surface area (Å²) < 4.78 is 25.0. The van der Waals surface area contributed by atoms with E-state index < -0.39 is 15.0 Å². The quantitative estimate of drug-likeness (QED) is 0.690. The van der Waals surface area contributed by atoms with Gasteiger partial charge in [-0.2, -0.15) is 19.5 Å². The van der Waals surface area contributed by atoms with Gasteiger partial charge in [0.25, 0.3) is 10.9 Å². The summed E-state index contributed by atoms with van der Waals surface area (Å²) in [7, 11) is -3.60. The monoisotopic (exact) mass is 402 g/mol. The van der Waals surface area contributed by atoms with Crippen molar-refractivity contribution in [3.63, 3.8) is 0 Å². The molecule has 0 unspecified atom stereocenters. The van der Waals surface area contributed by atoms with Crippen LogP contribution in [-0.4, -0.2) is 39.2 Å². The number of benzene rings is 1. The second-order valence-electron chi connectivity index (χ2n) is 4.41. The Balaban J connectivity index is 2.21. The second kappa shape index (κ2) is 5.14. The molecule has 0 amide bonds. The number of sulfone groups is 1. The van der Waals surface area contributed by atoms with E-state index in [1.165, 1.54) is 4.52 Å². The van der Waals surface area contributed by atoms with Crippen LogP contribution in [0.15, 0.2) is 27.8 Å². The van der Waals surface area contributed by atoms with Crippen molar-refractivity contribution >= 4 is 49.1 Å². The zero-order valence-corrected chi connectivity index (χ0v) is 14.2. The fourth-order valence-electron chi connectivity index (χ4n) is 1.71. The van der Waals surface area contributed by atoms with Crippen LogP contribution in [0.25, 0.3) is 17.2 Å². The minimum Gasteiger partial charge on any atom is -0.368 e. The zero-order valence-electron chi connectivity index (χ0n) is 11.0. The number of nitrogen functional groups attached to an aromatic ring is 1. The van der Waals surface area contributed by atoms with Gasteiger partial charge in [-0.25, -0.2) is 8.42 Å². The van der Waals surface area contributed by atoms with Crippen molar-refractivity contribution in [3.8, 4) is 11.4 Å². The molecule has 0 radical (unpaired) electrons. The Morgan fingerprint density at radius 1 is 1.27 bits per heavy atom. The van der Waals surface area contributed by atoms with Crippen molar-refractivity contribution in [1.82, 2.24) is 24.6 Å². The van der Waals surface area contributed by atoms with Gasteiger partial charge < -0.3 is 5.73 Å². The first-order chi connectivity index (χ1) is 10.3. The molecule has 22 heavy (non-hydrogen) atoms. The van der Waals surface area contributed by atoms with Crippen molar-refractivity contribution < 1.29 is 8.42 Å². The van der Waals surface area contributed by atoms with Gasteiger partial charge in [0.05, 0.1) is 5.02 Å². The lowest BCUT2D eigenvalue weighted by atomic mass is 10.2. The van der Waals surface area contributed by atoms with Gasteiger partial charge in [0.1, 0.15) is 0 Å². The summed E-state index contributed by atoms with van der Waals surface area (Å²) in [5.74, 6) is 0.232. The Labute approximate surface area is 138 Å². The van der Waals surface area contributed by atoms with E-state index in [-0.39, 0.29) is 11.7 Å². The van der Waals surface area contributed by atoms with Crippen LogP contribution < -0.4 is 5.73 Å². The van der Waals surface area contributed by atoms with E-state index in [1.54, 1.807) is 18.2 Å². The first-order valence-corrected chi connectivity index (χ1v) is 8.88. The van der Waals surface area contributed by atoms with E-state index in [1.807, 2.05) is 0 Å². The predicted octanol–water partition coefficient (Wildman–Crippen LogP) is 1.59. The van der Waals surface area contributed by atoms with Crippen LogP contribution in [0.2, 0.25) is 5.02 Å². The maximum Gasteiger partial charge on any atom is 0.258 e. The Morgan fingerprint density at radius 2 is 2.00 bits per heavy atom. The lowest BCUT2D eigenvalue weighted by molar-refractivity contribution is 0.592. The molecule has 11 heteroatoms. The molecule has 3 rings (SSSR count). The summed E-state index contributed by atoms with van der Waals surface area (Å²) in [4.78, 5) is 11.7. The molecule has 8 nitrogen and oxygen atoms in total. The zero-order chi connectivity index (χ0) is 16.1. The molecule has 3 aromatic rings. The van der Waals surface area contributed by atoms with Crippen molar-refractivity contribution in [1.29, 1.82) is 0 Å². The number of aromatic nitrogens is 5. The SMILES string of the molecule is CS(=O)(=O)c1nc(N)n2nc(-c3ccc(Br)c(Cl)c3)nc2n1.